The summed E-state index contributed by atoms with van der Waals surface area (Å²) in [5, 5.41) is 3.43. The molecule has 1 aromatic rings. The molecule has 1 fully saturated rings. The molecule has 112 valence electrons. The maximum absolute atomic E-state index is 12.3. The van der Waals surface area contributed by atoms with Crippen molar-refractivity contribution in [2.75, 3.05) is 13.1 Å². The van der Waals surface area contributed by atoms with E-state index in [0.717, 1.165) is 25.1 Å². The highest BCUT2D eigenvalue weighted by Gasteiger charge is 2.23. The maximum atomic E-state index is 12.3. The topological polar surface area (TPSA) is 24.5 Å². The molecule has 20 heavy (non-hydrogen) atoms. The van der Waals surface area contributed by atoms with E-state index in [1.54, 1.807) is 12.1 Å². The third kappa shape index (κ3) is 4.15. The van der Waals surface area contributed by atoms with Gasteiger partial charge in [0.25, 0.3) is 0 Å². The molecule has 0 amide bonds. The molecule has 0 aliphatic carbocycles. The summed E-state index contributed by atoms with van der Waals surface area (Å²) < 4.78 is 29.2. The molecule has 0 radical (unpaired) electrons. The van der Waals surface area contributed by atoms with Crippen LogP contribution in [0.25, 0.3) is 0 Å². The normalized spacial score (nSPS) is 20.0. The fourth-order valence-corrected chi connectivity index (χ4v) is 2.54. The number of likely N-dealkylation sites (tertiary alicyclic amines) is 1. The fourth-order valence-electron chi connectivity index (χ4n) is 2.54. The molecule has 2 rings (SSSR count). The molecular weight excluding hydrogens is 262 g/mol. The van der Waals surface area contributed by atoms with Gasteiger partial charge in [-0.1, -0.05) is 18.2 Å². The minimum absolute atomic E-state index is 0.258. The van der Waals surface area contributed by atoms with Crippen LogP contribution in [0.15, 0.2) is 24.3 Å². The van der Waals surface area contributed by atoms with E-state index >= 15 is 0 Å². The predicted molar refractivity (Wildman–Crippen MR) is 75.0 cm³/mol. The van der Waals surface area contributed by atoms with Gasteiger partial charge in [0.05, 0.1) is 0 Å². The second-order valence-electron chi connectivity index (χ2n) is 5.44. The zero-order valence-corrected chi connectivity index (χ0v) is 12.0. The van der Waals surface area contributed by atoms with Crippen molar-refractivity contribution in [3.63, 3.8) is 0 Å². The summed E-state index contributed by atoms with van der Waals surface area (Å²) in [5.74, 6) is 0.258. The predicted octanol–water partition coefficient (Wildman–Crippen LogP) is 2.86. The minimum Gasteiger partial charge on any atom is -0.434 e. The van der Waals surface area contributed by atoms with Crippen LogP contribution in [0.5, 0.6) is 5.75 Å². The Morgan fingerprint density at radius 3 is 2.75 bits per heavy atom. The number of alkyl halides is 2. The number of ether oxygens (including phenoxy) is 1. The number of rotatable bonds is 6. The van der Waals surface area contributed by atoms with Gasteiger partial charge in [0, 0.05) is 30.7 Å². The van der Waals surface area contributed by atoms with Gasteiger partial charge >= 0.3 is 6.61 Å². The van der Waals surface area contributed by atoms with E-state index in [9.17, 15) is 8.78 Å². The zero-order chi connectivity index (χ0) is 14.5. The van der Waals surface area contributed by atoms with Gasteiger partial charge in [0.1, 0.15) is 5.75 Å². The van der Waals surface area contributed by atoms with E-state index in [-0.39, 0.29) is 5.75 Å². The van der Waals surface area contributed by atoms with E-state index in [2.05, 4.69) is 28.8 Å². The second-order valence-corrected chi connectivity index (χ2v) is 5.44. The Balaban J connectivity index is 1.88. The lowest BCUT2D eigenvalue weighted by atomic mass is 10.2. The number of nitrogens with zero attached hydrogens (tertiary/aromatic N) is 1. The van der Waals surface area contributed by atoms with Crippen LogP contribution >= 0.6 is 0 Å². The molecule has 1 unspecified atom stereocenters. The standard InChI is InChI=1S/C15H22F2N2O/c1-11(2)19-8-7-13(10-19)18-9-12-5-3-4-6-14(12)20-15(16)17/h3-6,11,13,15,18H,7-10H2,1-2H3. The summed E-state index contributed by atoms with van der Waals surface area (Å²) in [6.07, 6.45) is 1.09. The summed E-state index contributed by atoms with van der Waals surface area (Å²) >= 11 is 0. The molecule has 1 atom stereocenters. The number of hydrogen-bond acceptors (Lipinski definition) is 3. The Morgan fingerprint density at radius 2 is 2.10 bits per heavy atom. The molecule has 5 heteroatoms. The molecule has 1 aliphatic heterocycles. The molecule has 1 N–H and O–H groups in total. The van der Waals surface area contributed by atoms with Gasteiger partial charge < -0.3 is 10.1 Å². The van der Waals surface area contributed by atoms with Crippen LogP contribution < -0.4 is 10.1 Å². The van der Waals surface area contributed by atoms with Crippen LogP contribution in [0.4, 0.5) is 8.78 Å². The van der Waals surface area contributed by atoms with Gasteiger partial charge in [-0.25, -0.2) is 0 Å². The van der Waals surface area contributed by atoms with Crippen molar-refractivity contribution in [1.82, 2.24) is 10.2 Å². The summed E-state index contributed by atoms with van der Waals surface area (Å²) in [4.78, 5) is 2.42. The van der Waals surface area contributed by atoms with Gasteiger partial charge in [0.2, 0.25) is 0 Å². The molecular formula is C15H22F2N2O. The Kier molecular flexibility index (Phi) is 5.31. The smallest absolute Gasteiger partial charge is 0.387 e. The molecule has 0 aromatic heterocycles. The number of para-hydroxylation sites is 1. The third-order valence-corrected chi connectivity index (χ3v) is 3.72. The lowest BCUT2D eigenvalue weighted by molar-refractivity contribution is -0.0505. The van der Waals surface area contributed by atoms with Crippen molar-refractivity contribution in [3.05, 3.63) is 29.8 Å². The van der Waals surface area contributed by atoms with E-state index < -0.39 is 6.61 Å². The van der Waals surface area contributed by atoms with Crippen LogP contribution in [0.1, 0.15) is 25.8 Å². The first-order valence-corrected chi connectivity index (χ1v) is 7.06. The minimum atomic E-state index is -2.78. The molecule has 0 spiro atoms. The van der Waals surface area contributed by atoms with Crippen LogP contribution in [0.3, 0.4) is 0 Å². The van der Waals surface area contributed by atoms with Crippen molar-refractivity contribution >= 4 is 0 Å². The average molecular weight is 284 g/mol. The molecule has 3 nitrogen and oxygen atoms in total. The van der Waals surface area contributed by atoms with Crippen molar-refractivity contribution in [2.24, 2.45) is 0 Å². The van der Waals surface area contributed by atoms with Crippen molar-refractivity contribution < 1.29 is 13.5 Å². The highest BCUT2D eigenvalue weighted by molar-refractivity contribution is 5.33. The van der Waals surface area contributed by atoms with Gasteiger partial charge in [-0.15, -0.1) is 0 Å². The monoisotopic (exact) mass is 284 g/mol. The molecule has 0 bridgehead atoms. The first kappa shape index (κ1) is 15.2. The fraction of sp³-hybridized carbons (Fsp3) is 0.600. The Labute approximate surface area is 118 Å². The van der Waals surface area contributed by atoms with Crippen LogP contribution in [0, 0.1) is 0 Å². The largest absolute Gasteiger partial charge is 0.434 e. The second kappa shape index (κ2) is 6.99. The average Bonchev–Trinajstić information content (AvgIpc) is 2.86. The molecule has 1 heterocycles. The SMILES string of the molecule is CC(C)N1CCC(NCc2ccccc2OC(F)F)C1. The van der Waals surface area contributed by atoms with Gasteiger partial charge in [-0.05, 0) is 32.9 Å². The first-order chi connectivity index (χ1) is 9.56. The van der Waals surface area contributed by atoms with Crippen LogP contribution in [-0.4, -0.2) is 36.7 Å². The summed E-state index contributed by atoms with van der Waals surface area (Å²) in [5.41, 5.74) is 0.774. The first-order valence-electron chi connectivity index (χ1n) is 7.06. The quantitative estimate of drug-likeness (QED) is 0.869. The highest BCUT2D eigenvalue weighted by Crippen LogP contribution is 2.21. The Bertz CT molecular complexity index is 426. The zero-order valence-electron chi connectivity index (χ0n) is 12.0. The van der Waals surface area contributed by atoms with Gasteiger partial charge in [-0.2, -0.15) is 8.78 Å². The third-order valence-electron chi connectivity index (χ3n) is 3.72. The molecule has 1 aliphatic rings. The summed E-state index contributed by atoms with van der Waals surface area (Å²) in [6.45, 7) is 4.25. The maximum Gasteiger partial charge on any atom is 0.387 e. The molecule has 1 saturated heterocycles. The van der Waals surface area contributed by atoms with E-state index in [1.807, 2.05) is 12.1 Å². The van der Waals surface area contributed by atoms with E-state index in [4.69, 9.17) is 0 Å². The Morgan fingerprint density at radius 1 is 1.35 bits per heavy atom. The summed E-state index contributed by atoms with van der Waals surface area (Å²) in [7, 11) is 0. The number of hydrogen-bond donors (Lipinski definition) is 1. The van der Waals surface area contributed by atoms with Gasteiger partial charge in [0.15, 0.2) is 0 Å². The van der Waals surface area contributed by atoms with Crippen molar-refractivity contribution in [3.8, 4) is 5.75 Å². The summed E-state index contributed by atoms with van der Waals surface area (Å²) in [6, 6.07) is 7.91. The van der Waals surface area contributed by atoms with Crippen molar-refractivity contribution in [1.29, 1.82) is 0 Å². The molecule has 0 saturated carbocycles. The van der Waals surface area contributed by atoms with Gasteiger partial charge in [-0.3, -0.25) is 4.90 Å². The van der Waals surface area contributed by atoms with E-state index in [1.165, 1.54) is 0 Å². The lowest BCUT2D eigenvalue weighted by Crippen LogP contribution is -2.34. The number of nitrogens with one attached hydrogen (secondary N) is 1. The van der Waals surface area contributed by atoms with E-state index in [0.29, 0.717) is 18.6 Å². The van der Waals surface area contributed by atoms with Crippen LogP contribution in [0.2, 0.25) is 0 Å². The lowest BCUT2D eigenvalue weighted by Gasteiger charge is -2.20. The molecule has 1 aromatic carbocycles. The number of benzene rings is 1. The van der Waals surface area contributed by atoms with Crippen molar-refractivity contribution in [2.45, 2.75) is 45.5 Å². The Hall–Kier alpha value is -1.20. The highest BCUT2D eigenvalue weighted by atomic mass is 19.3. The number of halogens is 2. The van der Waals surface area contributed by atoms with Crippen LogP contribution in [-0.2, 0) is 6.54 Å².